The van der Waals surface area contributed by atoms with Gasteiger partial charge in [-0.1, -0.05) is 27.2 Å². The topological polar surface area (TPSA) is 29.1 Å². The van der Waals surface area contributed by atoms with E-state index in [1.165, 1.54) is 0 Å². The summed E-state index contributed by atoms with van der Waals surface area (Å²) in [5.74, 6) is 0.475. The Kier molecular flexibility index (Phi) is 6.82. The molecular formula is C10H21NO. The number of hydrogen-bond acceptors (Lipinski definition) is 1. The SMILES string of the molecule is CCCNC(=O)C(CC)CCC. The molecule has 0 heterocycles. The Morgan fingerprint density at radius 2 is 1.92 bits per heavy atom. The van der Waals surface area contributed by atoms with E-state index in [0.29, 0.717) is 0 Å². The van der Waals surface area contributed by atoms with Crippen molar-refractivity contribution in [3.8, 4) is 0 Å². The minimum atomic E-state index is 0.237. The normalized spacial score (nSPS) is 12.6. The molecule has 72 valence electrons. The van der Waals surface area contributed by atoms with Crippen LogP contribution in [0.25, 0.3) is 0 Å². The second-order valence-electron chi connectivity index (χ2n) is 3.18. The quantitative estimate of drug-likeness (QED) is 0.653. The van der Waals surface area contributed by atoms with Crippen molar-refractivity contribution in [3.63, 3.8) is 0 Å². The van der Waals surface area contributed by atoms with Crippen molar-refractivity contribution in [1.82, 2.24) is 5.32 Å². The number of rotatable bonds is 6. The zero-order valence-corrected chi connectivity index (χ0v) is 8.52. The number of amides is 1. The summed E-state index contributed by atoms with van der Waals surface area (Å²) in [6.07, 6.45) is 4.10. The van der Waals surface area contributed by atoms with Crippen LogP contribution in [0.3, 0.4) is 0 Å². The lowest BCUT2D eigenvalue weighted by Gasteiger charge is -2.12. The number of hydrogen-bond donors (Lipinski definition) is 1. The molecule has 0 bridgehead atoms. The van der Waals surface area contributed by atoms with Gasteiger partial charge in [-0.2, -0.15) is 0 Å². The molecule has 0 aliphatic rings. The van der Waals surface area contributed by atoms with E-state index in [2.05, 4.69) is 26.1 Å². The van der Waals surface area contributed by atoms with E-state index in [1.54, 1.807) is 0 Å². The van der Waals surface area contributed by atoms with Crippen LogP contribution in [0.15, 0.2) is 0 Å². The molecule has 1 amide bonds. The first kappa shape index (κ1) is 11.5. The third-order valence-electron chi connectivity index (χ3n) is 2.05. The van der Waals surface area contributed by atoms with Crippen molar-refractivity contribution in [1.29, 1.82) is 0 Å². The Morgan fingerprint density at radius 3 is 2.33 bits per heavy atom. The lowest BCUT2D eigenvalue weighted by molar-refractivity contribution is -0.125. The highest BCUT2D eigenvalue weighted by molar-refractivity contribution is 5.78. The maximum absolute atomic E-state index is 11.4. The van der Waals surface area contributed by atoms with Crippen molar-refractivity contribution < 1.29 is 4.79 Å². The third kappa shape index (κ3) is 4.37. The van der Waals surface area contributed by atoms with Crippen molar-refractivity contribution in [3.05, 3.63) is 0 Å². The Hall–Kier alpha value is -0.530. The summed E-state index contributed by atoms with van der Waals surface area (Å²) >= 11 is 0. The van der Waals surface area contributed by atoms with E-state index in [4.69, 9.17) is 0 Å². The molecule has 0 rings (SSSR count). The number of carbonyl (C=O) groups is 1. The molecule has 1 atom stereocenters. The average molecular weight is 171 g/mol. The Morgan fingerprint density at radius 1 is 1.25 bits per heavy atom. The Balaban J connectivity index is 3.69. The van der Waals surface area contributed by atoms with E-state index >= 15 is 0 Å². The molecule has 0 fully saturated rings. The fourth-order valence-electron chi connectivity index (χ4n) is 1.26. The first-order valence-corrected chi connectivity index (χ1v) is 5.03. The maximum Gasteiger partial charge on any atom is 0.223 e. The Bertz CT molecular complexity index is 123. The predicted octanol–water partition coefficient (Wildman–Crippen LogP) is 2.34. The van der Waals surface area contributed by atoms with Crippen LogP contribution in [0.5, 0.6) is 0 Å². The van der Waals surface area contributed by atoms with Gasteiger partial charge in [0.05, 0.1) is 0 Å². The highest BCUT2D eigenvalue weighted by atomic mass is 16.1. The summed E-state index contributed by atoms with van der Waals surface area (Å²) in [7, 11) is 0. The summed E-state index contributed by atoms with van der Waals surface area (Å²) < 4.78 is 0. The molecule has 0 saturated heterocycles. The second kappa shape index (κ2) is 7.14. The molecule has 0 aliphatic heterocycles. The average Bonchev–Trinajstić information content (AvgIpc) is 2.10. The fraction of sp³-hybridized carbons (Fsp3) is 0.900. The van der Waals surface area contributed by atoms with E-state index in [0.717, 1.165) is 32.2 Å². The number of carbonyl (C=O) groups excluding carboxylic acids is 1. The van der Waals surface area contributed by atoms with Crippen LogP contribution in [0.1, 0.15) is 46.5 Å². The molecule has 0 saturated carbocycles. The summed E-state index contributed by atoms with van der Waals surface area (Å²) in [6, 6.07) is 0. The summed E-state index contributed by atoms with van der Waals surface area (Å²) in [4.78, 5) is 11.4. The molecule has 2 nitrogen and oxygen atoms in total. The van der Waals surface area contributed by atoms with Crippen molar-refractivity contribution >= 4 is 5.91 Å². The van der Waals surface area contributed by atoms with Gasteiger partial charge in [-0.25, -0.2) is 0 Å². The smallest absolute Gasteiger partial charge is 0.223 e. The van der Waals surface area contributed by atoms with E-state index in [1.807, 2.05) is 0 Å². The largest absolute Gasteiger partial charge is 0.356 e. The zero-order valence-electron chi connectivity index (χ0n) is 8.52. The molecule has 2 heteroatoms. The van der Waals surface area contributed by atoms with Crippen LogP contribution >= 0.6 is 0 Å². The molecule has 0 aromatic rings. The molecule has 0 radical (unpaired) electrons. The molecule has 12 heavy (non-hydrogen) atoms. The van der Waals surface area contributed by atoms with E-state index in [-0.39, 0.29) is 11.8 Å². The molecule has 0 aliphatic carbocycles. The molecule has 0 spiro atoms. The predicted molar refractivity (Wildman–Crippen MR) is 52.0 cm³/mol. The van der Waals surface area contributed by atoms with Crippen LogP contribution in [0, 0.1) is 5.92 Å². The molecule has 0 aromatic heterocycles. The molecule has 1 unspecified atom stereocenters. The Labute approximate surface area is 75.7 Å². The zero-order chi connectivity index (χ0) is 9.40. The lowest BCUT2D eigenvalue weighted by atomic mass is 10.00. The van der Waals surface area contributed by atoms with Gasteiger partial charge in [-0.15, -0.1) is 0 Å². The minimum absolute atomic E-state index is 0.237. The first-order valence-electron chi connectivity index (χ1n) is 5.03. The molecular weight excluding hydrogens is 150 g/mol. The highest BCUT2D eigenvalue weighted by Crippen LogP contribution is 2.10. The minimum Gasteiger partial charge on any atom is -0.356 e. The summed E-state index contributed by atoms with van der Waals surface area (Å²) in [5, 5.41) is 2.93. The monoisotopic (exact) mass is 171 g/mol. The van der Waals surface area contributed by atoms with Crippen LogP contribution in [-0.4, -0.2) is 12.5 Å². The van der Waals surface area contributed by atoms with Gasteiger partial charge >= 0.3 is 0 Å². The van der Waals surface area contributed by atoms with Gasteiger partial charge in [-0.05, 0) is 19.3 Å². The standard InChI is InChI=1S/C10H21NO/c1-4-7-9(6-3)10(12)11-8-5-2/h9H,4-8H2,1-3H3,(H,11,12). The second-order valence-corrected chi connectivity index (χ2v) is 3.18. The lowest BCUT2D eigenvalue weighted by Crippen LogP contribution is -2.30. The fourth-order valence-corrected chi connectivity index (χ4v) is 1.26. The maximum atomic E-state index is 11.4. The van der Waals surface area contributed by atoms with E-state index < -0.39 is 0 Å². The van der Waals surface area contributed by atoms with Gasteiger partial charge in [-0.3, -0.25) is 4.79 Å². The van der Waals surface area contributed by atoms with Crippen LogP contribution in [0.4, 0.5) is 0 Å². The highest BCUT2D eigenvalue weighted by Gasteiger charge is 2.13. The summed E-state index contributed by atoms with van der Waals surface area (Å²) in [6.45, 7) is 7.09. The van der Waals surface area contributed by atoms with Crippen molar-refractivity contribution in [2.75, 3.05) is 6.54 Å². The van der Waals surface area contributed by atoms with Crippen molar-refractivity contribution in [2.45, 2.75) is 46.5 Å². The van der Waals surface area contributed by atoms with Gasteiger partial charge in [0, 0.05) is 12.5 Å². The molecule has 0 aromatic carbocycles. The van der Waals surface area contributed by atoms with Gasteiger partial charge in [0.25, 0.3) is 0 Å². The van der Waals surface area contributed by atoms with Gasteiger partial charge in [0.1, 0.15) is 0 Å². The van der Waals surface area contributed by atoms with Gasteiger partial charge in [0.15, 0.2) is 0 Å². The first-order chi connectivity index (χ1) is 5.76. The summed E-state index contributed by atoms with van der Waals surface area (Å²) in [5.41, 5.74) is 0. The van der Waals surface area contributed by atoms with Crippen molar-refractivity contribution in [2.24, 2.45) is 5.92 Å². The van der Waals surface area contributed by atoms with Crippen LogP contribution in [-0.2, 0) is 4.79 Å². The van der Waals surface area contributed by atoms with Crippen LogP contribution < -0.4 is 5.32 Å². The third-order valence-corrected chi connectivity index (χ3v) is 2.05. The number of nitrogens with one attached hydrogen (secondary N) is 1. The van der Waals surface area contributed by atoms with Gasteiger partial charge in [0.2, 0.25) is 5.91 Å². The van der Waals surface area contributed by atoms with Crippen LogP contribution in [0.2, 0.25) is 0 Å². The molecule has 1 N–H and O–H groups in total. The van der Waals surface area contributed by atoms with E-state index in [9.17, 15) is 4.79 Å². The van der Waals surface area contributed by atoms with Gasteiger partial charge < -0.3 is 5.32 Å².